The fourth-order valence-electron chi connectivity index (χ4n) is 2.88. The van der Waals surface area contributed by atoms with Crippen molar-refractivity contribution in [3.05, 3.63) is 78.1 Å². The molecular weight excluding hydrogens is 342 g/mol. The van der Waals surface area contributed by atoms with Gasteiger partial charge in [0.2, 0.25) is 6.79 Å². The third kappa shape index (κ3) is 3.84. The molecule has 1 atom stereocenters. The first-order valence-electron chi connectivity index (χ1n) is 8.66. The largest absolute Gasteiger partial charge is 0.454 e. The normalized spacial score (nSPS) is 13.1. The minimum Gasteiger partial charge on any atom is -0.454 e. The molecule has 0 aliphatic carbocycles. The van der Waals surface area contributed by atoms with Gasteiger partial charge in [-0.25, -0.2) is 0 Å². The third-order valence-corrected chi connectivity index (χ3v) is 4.31. The van der Waals surface area contributed by atoms with E-state index in [2.05, 4.69) is 15.6 Å². The van der Waals surface area contributed by atoms with Crippen LogP contribution in [0.2, 0.25) is 0 Å². The first-order chi connectivity index (χ1) is 13.2. The highest BCUT2D eigenvalue weighted by atomic mass is 16.7. The summed E-state index contributed by atoms with van der Waals surface area (Å²) in [5, 5.41) is 6.23. The van der Waals surface area contributed by atoms with E-state index in [1.807, 2.05) is 55.5 Å². The summed E-state index contributed by atoms with van der Waals surface area (Å²) < 4.78 is 10.7. The molecule has 4 rings (SSSR count). The zero-order valence-electron chi connectivity index (χ0n) is 14.8. The predicted octanol–water partition coefficient (Wildman–Crippen LogP) is 4.04. The van der Waals surface area contributed by atoms with Crippen LogP contribution in [0.15, 0.2) is 67.0 Å². The topological polar surface area (TPSA) is 72.5 Å². The van der Waals surface area contributed by atoms with Crippen LogP contribution in [0.5, 0.6) is 11.5 Å². The Labute approximate surface area is 157 Å². The number of ether oxygens (including phenoxy) is 2. The highest BCUT2D eigenvalue weighted by molar-refractivity contribution is 5.95. The predicted molar refractivity (Wildman–Crippen MR) is 102 cm³/mol. The average Bonchev–Trinajstić information content (AvgIpc) is 3.16. The number of hydrogen-bond acceptors (Lipinski definition) is 5. The molecule has 0 radical (unpaired) electrons. The highest BCUT2D eigenvalue weighted by Crippen LogP contribution is 2.35. The first-order valence-corrected chi connectivity index (χ1v) is 8.66. The molecule has 1 aromatic heterocycles. The number of carbonyl (C=O) groups is 1. The minimum absolute atomic E-state index is 0.0934. The maximum absolute atomic E-state index is 12.6. The average molecular weight is 361 g/mol. The van der Waals surface area contributed by atoms with Crippen LogP contribution in [0, 0.1) is 0 Å². The summed E-state index contributed by atoms with van der Waals surface area (Å²) in [6.07, 6.45) is 3.22. The number of nitrogens with zero attached hydrogens (tertiary/aromatic N) is 1. The second-order valence-corrected chi connectivity index (χ2v) is 6.26. The minimum atomic E-state index is -0.173. The van der Waals surface area contributed by atoms with Gasteiger partial charge in [0.25, 0.3) is 5.91 Å². The lowest BCUT2D eigenvalue weighted by Gasteiger charge is -2.15. The fraction of sp³-hybridized carbons (Fsp3) is 0.143. The zero-order chi connectivity index (χ0) is 18.6. The van der Waals surface area contributed by atoms with Crippen molar-refractivity contribution in [3.8, 4) is 11.5 Å². The number of nitrogens with one attached hydrogen (secondary N) is 2. The molecule has 2 N–H and O–H groups in total. The smallest absolute Gasteiger partial charge is 0.253 e. The Morgan fingerprint density at radius 3 is 2.67 bits per heavy atom. The van der Waals surface area contributed by atoms with Crippen molar-refractivity contribution in [1.29, 1.82) is 0 Å². The van der Waals surface area contributed by atoms with Gasteiger partial charge in [-0.15, -0.1) is 0 Å². The van der Waals surface area contributed by atoms with Gasteiger partial charge < -0.3 is 20.1 Å². The van der Waals surface area contributed by atoms with E-state index in [1.54, 1.807) is 18.5 Å². The quantitative estimate of drug-likeness (QED) is 0.717. The molecule has 6 nitrogen and oxygen atoms in total. The van der Waals surface area contributed by atoms with Crippen LogP contribution < -0.4 is 20.1 Å². The van der Waals surface area contributed by atoms with Crippen molar-refractivity contribution >= 4 is 17.3 Å². The van der Waals surface area contributed by atoms with E-state index in [1.165, 1.54) is 0 Å². The summed E-state index contributed by atoms with van der Waals surface area (Å²) in [5.74, 6) is 1.24. The summed E-state index contributed by atoms with van der Waals surface area (Å²) in [5.41, 5.74) is 3.09. The van der Waals surface area contributed by atoms with Crippen molar-refractivity contribution in [2.24, 2.45) is 0 Å². The van der Waals surface area contributed by atoms with Crippen LogP contribution in [-0.4, -0.2) is 17.7 Å². The number of amides is 1. The molecule has 0 saturated carbocycles. The van der Waals surface area contributed by atoms with Crippen LogP contribution in [0.4, 0.5) is 11.4 Å². The van der Waals surface area contributed by atoms with E-state index < -0.39 is 0 Å². The molecule has 2 heterocycles. The van der Waals surface area contributed by atoms with Crippen molar-refractivity contribution in [2.45, 2.75) is 13.0 Å². The summed E-state index contributed by atoms with van der Waals surface area (Å²) in [6.45, 7) is 2.19. The zero-order valence-corrected chi connectivity index (χ0v) is 14.8. The van der Waals surface area contributed by atoms with Crippen molar-refractivity contribution in [1.82, 2.24) is 10.3 Å². The Hall–Kier alpha value is -3.54. The summed E-state index contributed by atoms with van der Waals surface area (Å²) >= 11 is 0. The third-order valence-electron chi connectivity index (χ3n) is 4.31. The summed E-state index contributed by atoms with van der Waals surface area (Å²) in [6, 6.07) is 17.1. The molecular formula is C21H19N3O3. The van der Waals surface area contributed by atoms with Gasteiger partial charge >= 0.3 is 0 Å². The molecule has 6 heteroatoms. The molecule has 0 spiro atoms. The number of aromatic nitrogens is 1. The lowest BCUT2D eigenvalue weighted by Crippen LogP contribution is -2.26. The van der Waals surface area contributed by atoms with Gasteiger partial charge in [0, 0.05) is 18.0 Å². The number of anilines is 2. The summed E-state index contributed by atoms with van der Waals surface area (Å²) in [4.78, 5) is 16.7. The number of fused-ring (bicyclic) bond motifs is 1. The Kier molecular flexibility index (Phi) is 4.61. The Morgan fingerprint density at radius 1 is 1.00 bits per heavy atom. The number of hydrogen-bond donors (Lipinski definition) is 2. The SMILES string of the molecule is CC(NC(=O)c1cncc(Nc2ccc3c(c2)OCO3)c1)c1ccccc1. The second kappa shape index (κ2) is 7.37. The molecule has 1 unspecified atom stereocenters. The van der Waals surface area contributed by atoms with Gasteiger partial charge in [-0.1, -0.05) is 30.3 Å². The van der Waals surface area contributed by atoms with Gasteiger partial charge in [-0.3, -0.25) is 9.78 Å². The number of carbonyl (C=O) groups excluding carboxylic acids is 1. The van der Waals surface area contributed by atoms with Crippen molar-refractivity contribution in [3.63, 3.8) is 0 Å². The van der Waals surface area contributed by atoms with E-state index in [-0.39, 0.29) is 18.7 Å². The van der Waals surface area contributed by atoms with Crippen LogP contribution >= 0.6 is 0 Å². The molecule has 0 fully saturated rings. The number of benzene rings is 2. The van der Waals surface area contributed by atoms with E-state index in [9.17, 15) is 4.79 Å². The Balaban J connectivity index is 1.46. The van der Waals surface area contributed by atoms with Gasteiger partial charge in [-0.2, -0.15) is 0 Å². The van der Waals surface area contributed by atoms with E-state index >= 15 is 0 Å². The Bertz CT molecular complexity index is 960. The Morgan fingerprint density at radius 2 is 1.81 bits per heavy atom. The van der Waals surface area contributed by atoms with Crippen LogP contribution in [-0.2, 0) is 0 Å². The van der Waals surface area contributed by atoms with E-state index in [0.29, 0.717) is 17.0 Å². The monoisotopic (exact) mass is 361 g/mol. The fourth-order valence-corrected chi connectivity index (χ4v) is 2.88. The van der Waals surface area contributed by atoms with Gasteiger partial charge in [0.05, 0.1) is 23.5 Å². The maximum Gasteiger partial charge on any atom is 0.253 e. The number of pyridine rings is 1. The van der Waals surface area contributed by atoms with Crippen molar-refractivity contribution in [2.75, 3.05) is 12.1 Å². The van der Waals surface area contributed by atoms with Gasteiger partial charge in [0.15, 0.2) is 11.5 Å². The second-order valence-electron chi connectivity index (χ2n) is 6.26. The molecule has 1 amide bonds. The lowest BCUT2D eigenvalue weighted by molar-refractivity contribution is 0.0939. The van der Waals surface area contributed by atoms with Crippen LogP contribution in [0.3, 0.4) is 0 Å². The summed E-state index contributed by atoms with van der Waals surface area (Å²) in [7, 11) is 0. The van der Waals surface area contributed by atoms with Crippen LogP contribution in [0.1, 0.15) is 28.9 Å². The van der Waals surface area contributed by atoms with Gasteiger partial charge in [0.1, 0.15) is 0 Å². The highest BCUT2D eigenvalue weighted by Gasteiger charge is 2.14. The van der Waals surface area contributed by atoms with Crippen LogP contribution in [0.25, 0.3) is 0 Å². The molecule has 0 bridgehead atoms. The van der Waals surface area contributed by atoms with E-state index in [4.69, 9.17) is 9.47 Å². The van der Waals surface area contributed by atoms with Crippen molar-refractivity contribution < 1.29 is 14.3 Å². The van der Waals surface area contributed by atoms with E-state index in [0.717, 1.165) is 17.0 Å². The molecule has 1 aliphatic rings. The maximum atomic E-state index is 12.6. The molecule has 27 heavy (non-hydrogen) atoms. The first kappa shape index (κ1) is 16.9. The lowest BCUT2D eigenvalue weighted by atomic mass is 10.1. The molecule has 0 saturated heterocycles. The number of rotatable bonds is 5. The molecule has 2 aromatic carbocycles. The molecule has 3 aromatic rings. The molecule has 1 aliphatic heterocycles. The van der Waals surface area contributed by atoms with Gasteiger partial charge in [-0.05, 0) is 30.7 Å². The standard InChI is InChI=1S/C21H19N3O3/c1-14(15-5-3-2-4-6-15)23-21(25)16-9-18(12-22-11-16)24-17-7-8-19-20(10-17)27-13-26-19/h2-12,14,24H,13H2,1H3,(H,23,25). The molecule has 136 valence electrons.